The number of carbonyl (C=O) groups excluding carboxylic acids is 1. The number of ketones is 1. The minimum absolute atomic E-state index is 0.0901. The molecule has 3 rings (SSSR count). The Hall–Kier alpha value is -1.62. The van der Waals surface area contributed by atoms with Crippen LogP contribution < -0.4 is 0 Å². The summed E-state index contributed by atoms with van der Waals surface area (Å²) < 4.78 is 5.85. The molecule has 2 aromatic rings. The Balaban J connectivity index is 1.45. The molecular formula is C22H30N2O2S. The number of carbonyl (C=O) groups is 1. The molecule has 0 aliphatic heterocycles. The molecule has 0 saturated heterocycles. The molecule has 0 unspecified atom stereocenters. The Bertz CT molecular complexity index is 718. The van der Waals surface area contributed by atoms with Crippen LogP contribution >= 0.6 is 11.8 Å². The topological polar surface area (TPSA) is 56.0 Å². The largest absolute Gasteiger partial charge is 0.416 e. The minimum atomic E-state index is 0.0901. The molecule has 146 valence electrons. The van der Waals surface area contributed by atoms with Gasteiger partial charge >= 0.3 is 0 Å². The maximum absolute atomic E-state index is 12.3. The lowest BCUT2D eigenvalue weighted by Crippen LogP contribution is -2.13. The van der Waals surface area contributed by atoms with E-state index in [4.69, 9.17) is 4.42 Å². The maximum Gasteiger partial charge on any atom is 0.277 e. The first-order valence-electron chi connectivity index (χ1n) is 10.2. The number of aryl methyl sites for hydroxylation is 1. The molecular weight excluding hydrogens is 356 g/mol. The average molecular weight is 387 g/mol. The Morgan fingerprint density at radius 1 is 1.11 bits per heavy atom. The van der Waals surface area contributed by atoms with Crippen molar-refractivity contribution < 1.29 is 9.21 Å². The summed E-state index contributed by atoms with van der Waals surface area (Å²) in [5.74, 6) is 2.44. The van der Waals surface area contributed by atoms with Crippen LogP contribution in [0.25, 0.3) is 0 Å². The zero-order chi connectivity index (χ0) is 19.1. The van der Waals surface area contributed by atoms with Gasteiger partial charge in [0.05, 0.1) is 5.75 Å². The summed E-state index contributed by atoms with van der Waals surface area (Å²) in [4.78, 5) is 12.3. The van der Waals surface area contributed by atoms with E-state index in [0.29, 0.717) is 16.9 Å². The van der Waals surface area contributed by atoms with E-state index in [1.807, 2.05) is 31.2 Å². The molecule has 1 saturated carbocycles. The van der Waals surface area contributed by atoms with Gasteiger partial charge in [-0.15, -0.1) is 10.2 Å². The summed E-state index contributed by atoms with van der Waals surface area (Å²) >= 11 is 1.34. The molecule has 0 spiro atoms. The van der Waals surface area contributed by atoms with Crippen molar-refractivity contribution in [2.45, 2.75) is 76.4 Å². The number of rotatable bonds is 9. The van der Waals surface area contributed by atoms with E-state index in [1.54, 1.807) is 0 Å². The zero-order valence-electron chi connectivity index (χ0n) is 16.4. The van der Waals surface area contributed by atoms with Crippen molar-refractivity contribution >= 4 is 17.5 Å². The highest BCUT2D eigenvalue weighted by Gasteiger charge is 2.26. The van der Waals surface area contributed by atoms with E-state index in [-0.39, 0.29) is 5.78 Å². The standard InChI is InChI=1S/C22H30N2O2S/c1-3-4-5-6-17-9-13-19(14-10-17)21-23-24-22(26-21)27-15-20(25)18-11-7-16(2)8-12-18/h7-8,11-12,17,19H,3-6,9-10,13-15H2,1-2H3. The van der Waals surface area contributed by atoms with Crippen molar-refractivity contribution in [1.29, 1.82) is 0 Å². The van der Waals surface area contributed by atoms with E-state index < -0.39 is 0 Å². The van der Waals surface area contributed by atoms with Crippen molar-refractivity contribution in [3.05, 3.63) is 41.3 Å². The van der Waals surface area contributed by atoms with Crippen molar-refractivity contribution in [2.75, 3.05) is 5.75 Å². The predicted octanol–water partition coefficient (Wildman–Crippen LogP) is 6.21. The van der Waals surface area contributed by atoms with E-state index >= 15 is 0 Å². The molecule has 1 fully saturated rings. The molecule has 0 amide bonds. The van der Waals surface area contributed by atoms with Gasteiger partial charge in [-0.3, -0.25) is 4.79 Å². The van der Waals surface area contributed by atoms with Crippen LogP contribution in [0.2, 0.25) is 0 Å². The fourth-order valence-electron chi connectivity index (χ4n) is 3.77. The van der Waals surface area contributed by atoms with Crippen LogP contribution in [0.1, 0.15) is 86.0 Å². The van der Waals surface area contributed by atoms with Crippen LogP contribution in [0.3, 0.4) is 0 Å². The molecule has 0 bridgehead atoms. The summed E-state index contributed by atoms with van der Waals surface area (Å²) in [7, 11) is 0. The highest BCUT2D eigenvalue weighted by Crippen LogP contribution is 2.37. The van der Waals surface area contributed by atoms with Crippen molar-refractivity contribution in [1.82, 2.24) is 10.2 Å². The number of benzene rings is 1. The lowest BCUT2D eigenvalue weighted by molar-refractivity contribution is 0.102. The van der Waals surface area contributed by atoms with E-state index in [1.165, 1.54) is 50.3 Å². The average Bonchev–Trinajstić information content (AvgIpc) is 3.16. The SMILES string of the molecule is CCCCCC1CCC(c2nnc(SCC(=O)c3ccc(C)cc3)o2)CC1. The minimum Gasteiger partial charge on any atom is -0.416 e. The van der Waals surface area contributed by atoms with Gasteiger partial charge in [-0.2, -0.15) is 0 Å². The highest BCUT2D eigenvalue weighted by atomic mass is 32.2. The maximum atomic E-state index is 12.3. The zero-order valence-corrected chi connectivity index (χ0v) is 17.3. The Morgan fingerprint density at radius 3 is 2.56 bits per heavy atom. The summed E-state index contributed by atoms with van der Waals surface area (Å²) in [5, 5.41) is 8.91. The van der Waals surface area contributed by atoms with Gasteiger partial charge < -0.3 is 4.42 Å². The van der Waals surface area contributed by atoms with Crippen molar-refractivity contribution in [3.8, 4) is 0 Å². The van der Waals surface area contributed by atoms with Crippen molar-refractivity contribution in [3.63, 3.8) is 0 Å². The smallest absolute Gasteiger partial charge is 0.277 e. The first-order valence-corrected chi connectivity index (χ1v) is 11.2. The first-order chi connectivity index (χ1) is 13.2. The van der Waals surface area contributed by atoms with Gasteiger partial charge in [0.1, 0.15) is 0 Å². The Labute approximate surface area is 166 Å². The second-order valence-electron chi connectivity index (χ2n) is 7.70. The van der Waals surface area contributed by atoms with Gasteiger partial charge in [-0.25, -0.2) is 0 Å². The van der Waals surface area contributed by atoms with E-state index in [9.17, 15) is 4.79 Å². The van der Waals surface area contributed by atoms with Crippen LogP contribution in [0.5, 0.6) is 0 Å². The molecule has 4 nitrogen and oxygen atoms in total. The highest BCUT2D eigenvalue weighted by molar-refractivity contribution is 7.99. The molecule has 0 atom stereocenters. The molecule has 27 heavy (non-hydrogen) atoms. The molecule has 1 aliphatic carbocycles. The number of unbranched alkanes of at least 4 members (excludes halogenated alkanes) is 2. The molecule has 5 heteroatoms. The van der Waals surface area contributed by atoms with Crippen LogP contribution in [-0.4, -0.2) is 21.7 Å². The summed E-state index contributed by atoms with van der Waals surface area (Å²) in [6.45, 7) is 4.28. The lowest BCUT2D eigenvalue weighted by Gasteiger charge is -2.26. The number of aromatic nitrogens is 2. The number of hydrogen-bond donors (Lipinski definition) is 0. The van der Waals surface area contributed by atoms with Gasteiger partial charge in [0, 0.05) is 11.5 Å². The Kier molecular flexibility index (Phi) is 7.50. The number of nitrogens with zero attached hydrogens (tertiary/aromatic N) is 2. The van der Waals surface area contributed by atoms with E-state index in [0.717, 1.165) is 35.8 Å². The normalized spacial score (nSPS) is 19.9. The summed E-state index contributed by atoms with van der Waals surface area (Å²) in [5.41, 5.74) is 1.88. The number of Topliss-reactive ketones (excluding diaryl/α,β-unsaturated/α-hetero) is 1. The summed E-state index contributed by atoms with van der Waals surface area (Å²) in [6, 6.07) is 7.66. The number of thioether (sulfide) groups is 1. The van der Waals surface area contributed by atoms with Crippen LogP contribution in [-0.2, 0) is 0 Å². The second-order valence-corrected chi connectivity index (χ2v) is 8.62. The predicted molar refractivity (Wildman–Crippen MR) is 109 cm³/mol. The Morgan fingerprint density at radius 2 is 1.85 bits per heavy atom. The van der Waals surface area contributed by atoms with Crippen molar-refractivity contribution in [2.24, 2.45) is 5.92 Å². The first kappa shape index (κ1) is 20.1. The fraction of sp³-hybridized carbons (Fsp3) is 0.591. The molecule has 1 aliphatic rings. The lowest BCUT2D eigenvalue weighted by atomic mass is 9.80. The third-order valence-corrected chi connectivity index (χ3v) is 6.35. The van der Waals surface area contributed by atoms with Crippen LogP contribution in [0.15, 0.2) is 33.9 Å². The molecule has 1 aromatic carbocycles. The fourth-order valence-corrected chi connectivity index (χ4v) is 4.44. The molecule has 0 radical (unpaired) electrons. The monoisotopic (exact) mass is 386 g/mol. The van der Waals surface area contributed by atoms with Gasteiger partial charge in [-0.05, 0) is 38.5 Å². The van der Waals surface area contributed by atoms with Gasteiger partial charge in [0.15, 0.2) is 5.78 Å². The van der Waals surface area contributed by atoms with Gasteiger partial charge in [0.25, 0.3) is 5.22 Å². The molecule has 1 heterocycles. The van der Waals surface area contributed by atoms with Crippen LogP contribution in [0, 0.1) is 12.8 Å². The van der Waals surface area contributed by atoms with Gasteiger partial charge in [-0.1, -0.05) is 74.2 Å². The third kappa shape index (κ3) is 5.93. The van der Waals surface area contributed by atoms with E-state index in [2.05, 4.69) is 17.1 Å². The second kappa shape index (κ2) is 10.1. The quantitative estimate of drug-likeness (QED) is 0.291. The van der Waals surface area contributed by atoms with Gasteiger partial charge in [0.2, 0.25) is 5.89 Å². The summed E-state index contributed by atoms with van der Waals surface area (Å²) in [6.07, 6.45) is 10.2. The number of hydrogen-bond acceptors (Lipinski definition) is 5. The molecule has 0 N–H and O–H groups in total. The molecule has 1 aromatic heterocycles. The van der Waals surface area contributed by atoms with Crippen LogP contribution in [0.4, 0.5) is 0 Å². The third-order valence-electron chi connectivity index (χ3n) is 5.53.